The zero-order valence-corrected chi connectivity index (χ0v) is 11.7. The molecule has 2 rings (SSSR count). The van der Waals surface area contributed by atoms with Gasteiger partial charge in [-0.25, -0.2) is 0 Å². The second-order valence-corrected chi connectivity index (χ2v) is 4.81. The highest BCUT2D eigenvalue weighted by Gasteiger charge is 2.02. The third-order valence-electron chi connectivity index (χ3n) is 2.52. The number of rotatable bonds is 4. The van der Waals surface area contributed by atoms with Crippen molar-refractivity contribution in [1.29, 1.82) is 0 Å². The number of carbonyl (C=O) groups is 1. The summed E-state index contributed by atoms with van der Waals surface area (Å²) in [4.78, 5) is 11.3. The lowest BCUT2D eigenvalue weighted by molar-refractivity contribution is -0.122. The molecule has 0 bridgehead atoms. The lowest BCUT2D eigenvalue weighted by Gasteiger charge is -2.07. The number of hydrogen-bond donors (Lipinski definition) is 1. The van der Waals surface area contributed by atoms with Crippen molar-refractivity contribution in [3.63, 3.8) is 0 Å². The molecular weight excluding hydrogens is 294 g/mol. The molecule has 0 aromatic heterocycles. The summed E-state index contributed by atoms with van der Waals surface area (Å²) >= 11 is 3.43. The van der Waals surface area contributed by atoms with E-state index in [9.17, 15) is 4.79 Å². The van der Waals surface area contributed by atoms with E-state index in [4.69, 9.17) is 4.74 Å². The first-order valence-corrected chi connectivity index (χ1v) is 6.57. The summed E-state index contributed by atoms with van der Waals surface area (Å²) in [6.45, 7) is 2.55. The van der Waals surface area contributed by atoms with Gasteiger partial charge in [-0.15, -0.1) is 0 Å². The molecular formula is C14H14BrNO2. The molecule has 0 radical (unpaired) electrons. The van der Waals surface area contributed by atoms with E-state index in [1.165, 1.54) is 0 Å². The molecule has 0 aliphatic carbocycles. The fourth-order valence-corrected chi connectivity index (χ4v) is 2.06. The third kappa shape index (κ3) is 3.23. The average Bonchev–Trinajstić information content (AvgIpc) is 2.36. The van der Waals surface area contributed by atoms with Gasteiger partial charge in [-0.05, 0) is 42.0 Å². The molecule has 2 aromatic rings. The average molecular weight is 308 g/mol. The molecule has 94 valence electrons. The van der Waals surface area contributed by atoms with Gasteiger partial charge in [0.1, 0.15) is 5.75 Å². The number of halogens is 1. The van der Waals surface area contributed by atoms with Crippen LogP contribution in [0.3, 0.4) is 0 Å². The van der Waals surface area contributed by atoms with Gasteiger partial charge < -0.3 is 10.1 Å². The fraction of sp³-hybridized carbons (Fsp3) is 0.214. The Labute approximate surface area is 114 Å². The van der Waals surface area contributed by atoms with E-state index >= 15 is 0 Å². The molecule has 0 atom stereocenters. The van der Waals surface area contributed by atoms with Crippen LogP contribution in [-0.2, 0) is 4.79 Å². The van der Waals surface area contributed by atoms with Crippen molar-refractivity contribution in [2.45, 2.75) is 6.92 Å². The normalized spacial score (nSPS) is 10.3. The summed E-state index contributed by atoms with van der Waals surface area (Å²) < 4.78 is 6.46. The Bertz CT molecular complexity index is 569. The first kappa shape index (κ1) is 12.9. The largest absolute Gasteiger partial charge is 0.484 e. The van der Waals surface area contributed by atoms with Crippen LogP contribution in [0.15, 0.2) is 40.9 Å². The number of benzene rings is 2. The van der Waals surface area contributed by atoms with E-state index in [0.29, 0.717) is 12.3 Å². The molecule has 4 heteroatoms. The van der Waals surface area contributed by atoms with Crippen LogP contribution in [0.25, 0.3) is 10.8 Å². The van der Waals surface area contributed by atoms with Crippen LogP contribution in [0.4, 0.5) is 0 Å². The van der Waals surface area contributed by atoms with Crippen molar-refractivity contribution < 1.29 is 9.53 Å². The molecule has 0 spiro atoms. The van der Waals surface area contributed by atoms with Crippen LogP contribution in [-0.4, -0.2) is 19.1 Å². The summed E-state index contributed by atoms with van der Waals surface area (Å²) in [7, 11) is 0. The molecule has 0 aliphatic rings. The Kier molecular flexibility index (Phi) is 4.20. The van der Waals surface area contributed by atoms with Crippen molar-refractivity contribution in [1.82, 2.24) is 5.32 Å². The van der Waals surface area contributed by atoms with Crippen LogP contribution < -0.4 is 10.1 Å². The van der Waals surface area contributed by atoms with Gasteiger partial charge in [-0.2, -0.15) is 0 Å². The predicted octanol–water partition coefficient (Wildman–Crippen LogP) is 3.12. The monoisotopic (exact) mass is 307 g/mol. The minimum absolute atomic E-state index is 0.0490. The van der Waals surface area contributed by atoms with Gasteiger partial charge >= 0.3 is 0 Å². The molecule has 0 unspecified atom stereocenters. The standard InChI is InChI=1S/C14H14BrNO2/c1-2-16-14(17)9-18-13-6-4-10-3-5-12(15)7-11(10)8-13/h3-8H,2,9H2,1H3,(H,16,17). The quantitative estimate of drug-likeness (QED) is 0.942. The van der Waals surface area contributed by atoms with Gasteiger partial charge in [0.2, 0.25) is 0 Å². The molecule has 2 aromatic carbocycles. The number of fused-ring (bicyclic) bond motifs is 1. The summed E-state index contributed by atoms with van der Waals surface area (Å²) in [5.74, 6) is 0.596. The lowest BCUT2D eigenvalue weighted by Crippen LogP contribution is -2.28. The first-order chi connectivity index (χ1) is 8.69. The van der Waals surface area contributed by atoms with Gasteiger partial charge in [-0.3, -0.25) is 4.79 Å². The van der Waals surface area contributed by atoms with E-state index in [1.54, 1.807) is 0 Å². The van der Waals surface area contributed by atoms with Crippen molar-refractivity contribution >= 4 is 32.6 Å². The Morgan fingerprint density at radius 2 is 2.00 bits per heavy atom. The highest BCUT2D eigenvalue weighted by Crippen LogP contribution is 2.24. The number of likely N-dealkylation sites (N-methyl/N-ethyl adjacent to an activating group) is 1. The maximum atomic E-state index is 11.3. The number of ether oxygens (including phenoxy) is 1. The molecule has 3 nitrogen and oxygen atoms in total. The smallest absolute Gasteiger partial charge is 0.257 e. The van der Waals surface area contributed by atoms with Crippen LogP contribution in [0, 0.1) is 0 Å². The maximum Gasteiger partial charge on any atom is 0.257 e. The van der Waals surface area contributed by atoms with Gasteiger partial charge in [0.15, 0.2) is 6.61 Å². The number of carbonyl (C=O) groups excluding carboxylic acids is 1. The maximum absolute atomic E-state index is 11.3. The Morgan fingerprint density at radius 3 is 2.78 bits per heavy atom. The second kappa shape index (κ2) is 5.87. The van der Waals surface area contributed by atoms with Crippen LogP contribution in [0.1, 0.15) is 6.92 Å². The minimum Gasteiger partial charge on any atom is -0.484 e. The highest BCUT2D eigenvalue weighted by molar-refractivity contribution is 9.10. The zero-order valence-electron chi connectivity index (χ0n) is 10.1. The zero-order chi connectivity index (χ0) is 13.0. The van der Waals surface area contributed by atoms with E-state index < -0.39 is 0 Å². The third-order valence-corrected chi connectivity index (χ3v) is 3.01. The van der Waals surface area contributed by atoms with Gasteiger partial charge in [0.25, 0.3) is 5.91 Å². The highest BCUT2D eigenvalue weighted by atomic mass is 79.9. The van der Waals surface area contributed by atoms with Crippen LogP contribution >= 0.6 is 15.9 Å². The molecule has 18 heavy (non-hydrogen) atoms. The molecule has 0 saturated carbocycles. The molecule has 0 saturated heterocycles. The summed E-state index contributed by atoms with van der Waals surface area (Å²) in [6.07, 6.45) is 0. The summed E-state index contributed by atoms with van der Waals surface area (Å²) in [5.41, 5.74) is 0. The number of hydrogen-bond acceptors (Lipinski definition) is 2. The van der Waals surface area contributed by atoms with Crippen molar-refractivity contribution in [2.24, 2.45) is 0 Å². The molecule has 0 fully saturated rings. The lowest BCUT2D eigenvalue weighted by atomic mass is 10.1. The summed E-state index contributed by atoms with van der Waals surface area (Å²) in [6, 6.07) is 11.8. The van der Waals surface area contributed by atoms with Gasteiger partial charge in [0, 0.05) is 11.0 Å². The van der Waals surface area contributed by atoms with Crippen LogP contribution in [0.2, 0.25) is 0 Å². The second-order valence-electron chi connectivity index (χ2n) is 3.90. The number of amides is 1. The molecule has 0 aliphatic heterocycles. The Hall–Kier alpha value is -1.55. The minimum atomic E-state index is -0.105. The topological polar surface area (TPSA) is 38.3 Å². The Balaban J connectivity index is 2.12. The molecule has 1 N–H and O–H groups in total. The molecule has 0 heterocycles. The summed E-state index contributed by atoms with van der Waals surface area (Å²) in [5, 5.41) is 4.91. The predicted molar refractivity (Wildman–Crippen MR) is 75.8 cm³/mol. The van der Waals surface area contributed by atoms with Gasteiger partial charge in [0.05, 0.1) is 0 Å². The first-order valence-electron chi connectivity index (χ1n) is 5.78. The number of nitrogens with one attached hydrogen (secondary N) is 1. The van der Waals surface area contributed by atoms with E-state index in [-0.39, 0.29) is 12.5 Å². The van der Waals surface area contributed by atoms with E-state index in [2.05, 4.69) is 21.2 Å². The van der Waals surface area contributed by atoms with Crippen molar-refractivity contribution in [3.8, 4) is 5.75 Å². The Morgan fingerprint density at radius 1 is 1.22 bits per heavy atom. The SMILES string of the molecule is CCNC(=O)COc1ccc2ccc(Br)cc2c1. The van der Waals surface area contributed by atoms with E-state index in [0.717, 1.165) is 15.2 Å². The van der Waals surface area contributed by atoms with Crippen molar-refractivity contribution in [3.05, 3.63) is 40.9 Å². The molecule has 1 amide bonds. The van der Waals surface area contributed by atoms with E-state index in [1.807, 2.05) is 43.3 Å². The van der Waals surface area contributed by atoms with Crippen molar-refractivity contribution in [2.75, 3.05) is 13.2 Å². The fourth-order valence-electron chi connectivity index (χ4n) is 1.68. The van der Waals surface area contributed by atoms with Gasteiger partial charge in [-0.1, -0.05) is 28.1 Å². The van der Waals surface area contributed by atoms with Crippen LogP contribution in [0.5, 0.6) is 5.75 Å².